The van der Waals surface area contributed by atoms with E-state index < -0.39 is 0 Å². The van der Waals surface area contributed by atoms with Crippen LogP contribution in [0.3, 0.4) is 0 Å². The van der Waals surface area contributed by atoms with Crippen molar-refractivity contribution >= 4 is 6.21 Å². The highest BCUT2D eigenvalue weighted by Gasteiger charge is 2.17. The number of aliphatic imine (C=N–C) groups is 1. The molecule has 0 radical (unpaired) electrons. The molecule has 0 aromatic heterocycles. The Bertz CT molecular complexity index is 321. The van der Waals surface area contributed by atoms with Gasteiger partial charge in [-0.3, -0.25) is 4.99 Å². The first-order valence-corrected chi connectivity index (χ1v) is 4.71. The lowest BCUT2D eigenvalue weighted by Crippen LogP contribution is -2.10. The number of benzene rings is 1. The molecule has 1 aromatic carbocycles. The number of hydrogen-bond acceptors (Lipinski definition) is 1. The van der Waals surface area contributed by atoms with E-state index in [0.717, 1.165) is 0 Å². The smallest absolute Gasteiger partial charge is 0.109 e. The molecule has 1 nitrogen and oxygen atoms in total. The van der Waals surface area contributed by atoms with E-state index in [9.17, 15) is 0 Å². The van der Waals surface area contributed by atoms with Crippen LogP contribution in [0.4, 0.5) is 0 Å². The van der Waals surface area contributed by atoms with Crippen LogP contribution >= 0.6 is 0 Å². The number of hydrogen-bond donors (Lipinski definition) is 0. The lowest BCUT2D eigenvalue weighted by atomic mass is 9.86. The van der Waals surface area contributed by atoms with Gasteiger partial charge in [-0.2, -0.15) is 0 Å². The number of rotatable bonds is 1. The Morgan fingerprint density at radius 3 is 2.00 bits per heavy atom. The van der Waals surface area contributed by atoms with Gasteiger partial charge in [0, 0.05) is 6.21 Å². The van der Waals surface area contributed by atoms with Crippen molar-refractivity contribution in [1.82, 2.24) is 0 Å². The molecule has 2 rings (SSSR count). The molecule has 68 valence electrons. The lowest BCUT2D eigenvalue weighted by Gasteiger charge is -2.18. The first-order chi connectivity index (χ1) is 6.07. The Hall–Kier alpha value is -1.11. The molecule has 0 N–H and O–H groups in total. The second-order valence-corrected chi connectivity index (χ2v) is 4.61. The SMILES string of the molecule is CC(C)(C)c1ccc(C2C=N2)cc1. The van der Waals surface area contributed by atoms with E-state index in [1.54, 1.807) is 0 Å². The largest absolute Gasteiger partial charge is 0.281 e. The van der Waals surface area contributed by atoms with Gasteiger partial charge in [0.05, 0.1) is 0 Å². The van der Waals surface area contributed by atoms with Crippen LogP contribution in [0.5, 0.6) is 0 Å². The van der Waals surface area contributed by atoms with Crippen molar-refractivity contribution in [3.05, 3.63) is 35.4 Å². The maximum atomic E-state index is 4.14. The standard InChI is InChI=1S/C12H15N/c1-12(2,3)10-6-4-9(5-7-10)11-8-13-11/h4-8,11H,1-3H3. The van der Waals surface area contributed by atoms with Crippen molar-refractivity contribution < 1.29 is 0 Å². The van der Waals surface area contributed by atoms with E-state index >= 15 is 0 Å². The minimum absolute atomic E-state index is 0.253. The van der Waals surface area contributed by atoms with Gasteiger partial charge in [-0.25, -0.2) is 0 Å². The van der Waals surface area contributed by atoms with E-state index in [2.05, 4.69) is 50.0 Å². The van der Waals surface area contributed by atoms with Crippen LogP contribution in [0.15, 0.2) is 29.3 Å². The molecule has 1 aliphatic heterocycles. The Kier molecular flexibility index (Phi) is 1.76. The molecule has 1 atom stereocenters. The minimum atomic E-state index is 0.253. The molecule has 1 heteroatoms. The predicted octanol–water partition coefficient (Wildman–Crippen LogP) is 3.11. The second kappa shape index (κ2) is 2.69. The number of nitrogens with zero attached hydrogens (tertiary/aromatic N) is 1. The summed E-state index contributed by atoms with van der Waals surface area (Å²) < 4.78 is 0. The predicted molar refractivity (Wildman–Crippen MR) is 56.4 cm³/mol. The van der Waals surface area contributed by atoms with Crippen LogP contribution in [-0.4, -0.2) is 6.21 Å². The summed E-state index contributed by atoms with van der Waals surface area (Å²) in [6.07, 6.45) is 1.98. The molecule has 1 aliphatic rings. The fourth-order valence-corrected chi connectivity index (χ4v) is 1.40. The van der Waals surface area contributed by atoms with Gasteiger partial charge in [0.1, 0.15) is 6.04 Å². The zero-order valence-electron chi connectivity index (χ0n) is 8.41. The molecule has 1 aromatic rings. The van der Waals surface area contributed by atoms with Gasteiger partial charge in [0.2, 0.25) is 0 Å². The Morgan fingerprint density at radius 1 is 1.08 bits per heavy atom. The van der Waals surface area contributed by atoms with Crippen molar-refractivity contribution in [3.63, 3.8) is 0 Å². The zero-order valence-corrected chi connectivity index (χ0v) is 8.41. The van der Waals surface area contributed by atoms with Crippen LogP contribution in [0, 0.1) is 0 Å². The van der Waals surface area contributed by atoms with E-state index in [1.165, 1.54) is 11.1 Å². The molecule has 0 amide bonds. The molecule has 0 fully saturated rings. The Balaban J connectivity index is 2.23. The van der Waals surface area contributed by atoms with Gasteiger partial charge in [-0.15, -0.1) is 0 Å². The molecule has 0 saturated carbocycles. The first-order valence-electron chi connectivity index (χ1n) is 4.71. The van der Waals surface area contributed by atoms with Gasteiger partial charge in [-0.05, 0) is 16.5 Å². The van der Waals surface area contributed by atoms with Gasteiger partial charge >= 0.3 is 0 Å². The van der Waals surface area contributed by atoms with Gasteiger partial charge in [-0.1, -0.05) is 45.0 Å². The fourth-order valence-electron chi connectivity index (χ4n) is 1.40. The molecule has 1 unspecified atom stereocenters. The highest BCUT2D eigenvalue weighted by atomic mass is 14.9. The summed E-state index contributed by atoms with van der Waals surface area (Å²) in [5, 5.41) is 0. The average molecular weight is 173 g/mol. The highest BCUT2D eigenvalue weighted by molar-refractivity contribution is 5.79. The van der Waals surface area contributed by atoms with Crippen molar-refractivity contribution in [2.45, 2.75) is 32.2 Å². The van der Waals surface area contributed by atoms with E-state index in [4.69, 9.17) is 0 Å². The van der Waals surface area contributed by atoms with E-state index in [-0.39, 0.29) is 5.41 Å². The molecule has 1 heterocycles. The van der Waals surface area contributed by atoms with Crippen LogP contribution in [0.1, 0.15) is 37.9 Å². The van der Waals surface area contributed by atoms with Crippen molar-refractivity contribution in [1.29, 1.82) is 0 Å². The van der Waals surface area contributed by atoms with Gasteiger partial charge in [0.25, 0.3) is 0 Å². The third-order valence-electron chi connectivity index (χ3n) is 2.42. The average Bonchev–Trinajstić information content (AvgIpc) is 2.85. The monoisotopic (exact) mass is 173 g/mol. The zero-order chi connectivity index (χ0) is 9.47. The molecule has 0 saturated heterocycles. The Morgan fingerprint density at radius 2 is 1.62 bits per heavy atom. The van der Waals surface area contributed by atoms with Crippen molar-refractivity contribution in [3.8, 4) is 0 Å². The molecule has 13 heavy (non-hydrogen) atoms. The van der Waals surface area contributed by atoms with Crippen LogP contribution in [-0.2, 0) is 5.41 Å². The van der Waals surface area contributed by atoms with E-state index in [1.807, 2.05) is 6.21 Å². The lowest BCUT2D eigenvalue weighted by molar-refractivity contribution is 0.590. The fraction of sp³-hybridized carbons (Fsp3) is 0.417. The summed E-state index contributed by atoms with van der Waals surface area (Å²) in [4.78, 5) is 4.14. The van der Waals surface area contributed by atoms with Crippen LogP contribution in [0.2, 0.25) is 0 Å². The van der Waals surface area contributed by atoms with Crippen molar-refractivity contribution in [2.75, 3.05) is 0 Å². The summed E-state index contributed by atoms with van der Waals surface area (Å²) in [5.74, 6) is 0. The minimum Gasteiger partial charge on any atom is -0.281 e. The highest BCUT2D eigenvalue weighted by Crippen LogP contribution is 2.27. The Labute approximate surface area is 79.5 Å². The normalized spacial score (nSPS) is 20.4. The van der Waals surface area contributed by atoms with Gasteiger partial charge < -0.3 is 0 Å². The van der Waals surface area contributed by atoms with E-state index in [0.29, 0.717) is 6.04 Å². The topological polar surface area (TPSA) is 12.4 Å². The molecule has 0 aliphatic carbocycles. The molecular formula is C12H15N. The van der Waals surface area contributed by atoms with Crippen LogP contribution < -0.4 is 0 Å². The third-order valence-corrected chi connectivity index (χ3v) is 2.42. The molecule has 0 bridgehead atoms. The summed E-state index contributed by atoms with van der Waals surface area (Å²) in [7, 11) is 0. The molecular weight excluding hydrogens is 158 g/mol. The van der Waals surface area contributed by atoms with Crippen LogP contribution in [0.25, 0.3) is 0 Å². The maximum Gasteiger partial charge on any atom is 0.109 e. The summed E-state index contributed by atoms with van der Waals surface area (Å²) in [6, 6.07) is 9.15. The second-order valence-electron chi connectivity index (χ2n) is 4.61. The summed E-state index contributed by atoms with van der Waals surface area (Å²) in [5.41, 5.74) is 2.95. The summed E-state index contributed by atoms with van der Waals surface area (Å²) >= 11 is 0. The third kappa shape index (κ3) is 1.80. The van der Waals surface area contributed by atoms with Gasteiger partial charge in [0.15, 0.2) is 0 Å². The summed E-state index contributed by atoms with van der Waals surface area (Å²) in [6.45, 7) is 6.70. The van der Waals surface area contributed by atoms with Crippen molar-refractivity contribution in [2.24, 2.45) is 4.99 Å². The first kappa shape index (κ1) is 8.49. The molecule has 0 spiro atoms. The quantitative estimate of drug-likeness (QED) is 0.618. The maximum absolute atomic E-state index is 4.14.